The van der Waals surface area contributed by atoms with Gasteiger partial charge in [-0.1, -0.05) is 12.2 Å². The largest absolute Gasteiger partial charge is 0.469 e. The number of aliphatic hydroxyl groups excluding tert-OH is 1. The van der Waals surface area contributed by atoms with E-state index in [0.717, 1.165) is 12.0 Å². The lowest BCUT2D eigenvalue weighted by molar-refractivity contribution is -0.149. The van der Waals surface area contributed by atoms with E-state index >= 15 is 0 Å². The van der Waals surface area contributed by atoms with Crippen LogP contribution in [0.25, 0.3) is 0 Å². The number of esters is 1. The van der Waals surface area contributed by atoms with Gasteiger partial charge < -0.3 is 9.84 Å². The van der Waals surface area contributed by atoms with E-state index in [4.69, 9.17) is 0 Å². The quantitative estimate of drug-likeness (QED) is 0.516. The second-order valence-electron chi connectivity index (χ2n) is 3.65. The molecular weight excluding hydrogens is 168 g/mol. The fourth-order valence-electron chi connectivity index (χ4n) is 1.99. The molecule has 0 aromatic heterocycles. The molecule has 1 aliphatic rings. The molecule has 0 amide bonds. The highest BCUT2D eigenvalue weighted by molar-refractivity contribution is 5.74. The van der Waals surface area contributed by atoms with Crippen molar-refractivity contribution in [2.75, 3.05) is 7.11 Å². The van der Waals surface area contributed by atoms with Crippen LogP contribution in [0.4, 0.5) is 0 Å². The summed E-state index contributed by atoms with van der Waals surface area (Å²) in [4.78, 5) is 11.3. The minimum Gasteiger partial charge on any atom is -0.469 e. The van der Waals surface area contributed by atoms with E-state index in [1.165, 1.54) is 7.11 Å². The number of carbonyl (C=O) groups is 1. The monoisotopic (exact) mass is 184 g/mol. The van der Waals surface area contributed by atoms with Gasteiger partial charge in [-0.25, -0.2) is 0 Å². The summed E-state index contributed by atoms with van der Waals surface area (Å²) in [5, 5.41) is 9.57. The van der Waals surface area contributed by atoms with Crippen molar-refractivity contribution in [3.05, 3.63) is 12.2 Å². The van der Waals surface area contributed by atoms with E-state index in [1.807, 2.05) is 6.92 Å². The lowest BCUT2D eigenvalue weighted by Crippen LogP contribution is -2.29. The molecule has 1 saturated carbocycles. The Morgan fingerprint density at radius 2 is 2.15 bits per heavy atom. The van der Waals surface area contributed by atoms with Gasteiger partial charge in [-0.2, -0.15) is 0 Å². The molecule has 13 heavy (non-hydrogen) atoms. The van der Waals surface area contributed by atoms with Crippen LogP contribution in [0.5, 0.6) is 0 Å². The maximum absolute atomic E-state index is 11.3. The number of methoxy groups -OCH3 is 1. The molecule has 1 rings (SSSR count). The van der Waals surface area contributed by atoms with Gasteiger partial charge in [0.2, 0.25) is 0 Å². The van der Waals surface area contributed by atoms with E-state index in [2.05, 4.69) is 11.3 Å². The van der Waals surface area contributed by atoms with E-state index in [9.17, 15) is 9.90 Å². The lowest BCUT2D eigenvalue weighted by Gasteiger charge is -2.19. The van der Waals surface area contributed by atoms with Crippen LogP contribution in [-0.2, 0) is 9.53 Å². The van der Waals surface area contributed by atoms with Gasteiger partial charge in [-0.3, -0.25) is 4.79 Å². The Morgan fingerprint density at radius 3 is 2.62 bits per heavy atom. The molecule has 3 nitrogen and oxygen atoms in total. The molecule has 74 valence electrons. The van der Waals surface area contributed by atoms with Crippen molar-refractivity contribution >= 4 is 5.97 Å². The summed E-state index contributed by atoms with van der Waals surface area (Å²) in [7, 11) is 1.35. The van der Waals surface area contributed by atoms with Crippen LogP contribution in [0.15, 0.2) is 12.2 Å². The van der Waals surface area contributed by atoms with Crippen molar-refractivity contribution in [3.8, 4) is 0 Å². The van der Waals surface area contributed by atoms with Gasteiger partial charge in [0, 0.05) is 0 Å². The summed E-state index contributed by atoms with van der Waals surface area (Å²) in [5.74, 6) is -0.636. The number of hydrogen-bond acceptors (Lipinski definition) is 3. The van der Waals surface area contributed by atoms with Crippen LogP contribution in [-0.4, -0.2) is 24.3 Å². The number of aliphatic hydroxyl groups is 1. The maximum Gasteiger partial charge on any atom is 0.311 e. The zero-order valence-electron chi connectivity index (χ0n) is 8.12. The van der Waals surface area contributed by atoms with Gasteiger partial charge in [0.15, 0.2) is 0 Å². The highest BCUT2D eigenvalue weighted by Crippen LogP contribution is 2.36. The first kappa shape index (κ1) is 10.3. The molecule has 1 N–H and O–H groups in total. The van der Waals surface area contributed by atoms with Gasteiger partial charge in [0.05, 0.1) is 19.1 Å². The van der Waals surface area contributed by atoms with Gasteiger partial charge in [0.1, 0.15) is 0 Å². The van der Waals surface area contributed by atoms with E-state index < -0.39 is 12.0 Å². The Morgan fingerprint density at radius 1 is 1.54 bits per heavy atom. The normalized spacial score (nSPS) is 33.0. The second kappa shape index (κ2) is 3.92. The summed E-state index contributed by atoms with van der Waals surface area (Å²) >= 11 is 0. The Balaban J connectivity index is 2.76. The molecular formula is C10H16O3. The molecule has 0 aromatic carbocycles. The first-order valence-corrected chi connectivity index (χ1v) is 4.49. The van der Waals surface area contributed by atoms with Crippen LogP contribution in [0.1, 0.15) is 19.8 Å². The standard InChI is InChI=1S/C10H16O3/c1-6(2)7-4-5-8(11)9(7)10(12)13-3/h7-9,11H,1,4-5H2,2-3H3/t7-,8+,9-/m1/s1. The summed E-state index contributed by atoms with van der Waals surface area (Å²) in [6.07, 6.45) is 0.933. The Bertz CT molecular complexity index is 222. The third-order valence-corrected chi connectivity index (χ3v) is 2.73. The van der Waals surface area contributed by atoms with Crippen LogP contribution >= 0.6 is 0 Å². The Hall–Kier alpha value is -0.830. The Kier molecular flexibility index (Phi) is 3.09. The van der Waals surface area contributed by atoms with Crippen molar-refractivity contribution in [3.63, 3.8) is 0 Å². The third-order valence-electron chi connectivity index (χ3n) is 2.73. The highest BCUT2D eigenvalue weighted by atomic mass is 16.5. The molecule has 0 heterocycles. The first-order chi connectivity index (χ1) is 6.07. The summed E-state index contributed by atoms with van der Waals surface area (Å²) in [5.41, 5.74) is 0.951. The molecule has 0 bridgehead atoms. The number of hydrogen-bond donors (Lipinski definition) is 1. The summed E-state index contributed by atoms with van der Waals surface area (Å²) in [6.45, 7) is 5.71. The van der Waals surface area contributed by atoms with E-state index in [-0.39, 0.29) is 11.9 Å². The van der Waals surface area contributed by atoms with Crippen molar-refractivity contribution in [2.45, 2.75) is 25.9 Å². The van der Waals surface area contributed by atoms with Crippen molar-refractivity contribution in [1.29, 1.82) is 0 Å². The summed E-state index contributed by atoms with van der Waals surface area (Å²) in [6, 6.07) is 0. The average molecular weight is 184 g/mol. The molecule has 0 spiro atoms. The molecule has 0 aliphatic heterocycles. The fourth-order valence-corrected chi connectivity index (χ4v) is 1.99. The van der Waals surface area contributed by atoms with Crippen molar-refractivity contribution in [1.82, 2.24) is 0 Å². The molecule has 0 aromatic rings. The summed E-state index contributed by atoms with van der Waals surface area (Å²) < 4.78 is 4.64. The third kappa shape index (κ3) is 1.91. The van der Waals surface area contributed by atoms with Crippen LogP contribution in [0.3, 0.4) is 0 Å². The topological polar surface area (TPSA) is 46.5 Å². The molecule has 0 radical (unpaired) electrons. The van der Waals surface area contributed by atoms with E-state index in [0.29, 0.717) is 6.42 Å². The number of rotatable bonds is 2. The average Bonchev–Trinajstić information content (AvgIpc) is 2.46. The predicted octanol–water partition coefficient (Wildman–Crippen LogP) is 1.12. The molecule has 3 heteroatoms. The Labute approximate surface area is 78.4 Å². The maximum atomic E-state index is 11.3. The lowest BCUT2D eigenvalue weighted by atomic mass is 9.89. The predicted molar refractivity (Wildman–Crippen MR) is 49.1 cm³/mol. The minimum atomic E-state index is -0.561. The van der Waals surface area contributed by atoms with Crippen molar-refractivity contribution < 1.29 is 14.6 Å². The molecule has 3 atom stereocenters. The number of allylic oxidation sites excluding steroid dienone is 1. The second-order valence-corrected chi connectivity index (χ2v) is 3.65. The van der Waals surface area contributed by atoms with Crippen LogP contribution in [0, 0.1) is 11.8 Å². The van der Waals surface area contributed by atoms with E-state index in [1.54, 1.807) is 0 Å². The zero-order valence-corrected chi connectivity index (χ0v) is 8.12. The number of ether oxygens (including phenoxy) is 1. The van der Waals surface area contributed by atoms with Crippen LogP contribution < -0.4 is 0 Å². The smallest absolute Gasteiger partial charge is 0.311 e. The van der Waals surface area contributed by atoms with Gasteiger partial charge in [-0.15, -0.1) is 0 Å². The number of carbonyl (C=O) groups excluding carboxylic acids is 1. The zero-order chi connectivity index (χ0) is 10.0. The van der Waals surface area contributed by atoms with Gasteiger partial charge in [-0.05, 0) is 25.7 Å². The fraction of sp³-hybridized carbons (Fsp3) is 0.700. The molecule has 0 unspecified atom stereocenters. The first-order valence-electron chi connectivity index (χ1n) is 4.49. The highest BCUT2D eigenvalue weighted by Gasteiger charge is 2.41. The van der Waals surface area contributed by atoms with Crippen LogP contribution in [0.2, 0.25) is 0 Å². The minimum absolute atomic E-state index is 0.0856. The SMILES string of the molecule is C=C(C)[C@H]1CC[C@H](O)[C@@H]1C(=O)OC. The molecule has 0 saturated heterocycles. The molecule has 1 aliphatic carbocycles. The van der Waals surface area contributed by atoms with Gasteiger partial charge in [0.25, 0.3) is 0 Å². The molecule has 1 fully saturated rings. The van der Waals surface area contributed by atoms with Crippen molar-refractivity contribution in [2.24, 2.45) is 11.8 Å². The van der Waals surface area contributed by atoms with Gasteiger partial charge >= 0.3 is 5.97 Å².